The Morgan fingerprint density at radius 2 is 1.68 bits per heavy atom. The van der Waals surface area contributed by atoms with Crippen LogP contribution < -0.4 is 10.2 Å². The molecule has 2 N–H and O–H groups in total. The molecule has 0 aliphatic carbocycles. The zero-order chi connectivity index (χ0) is 26.1. The summed E-state index contributed by atoms with van der Waals surface area (Å²) in [5.41, 5.74) is 8.27. The van der Waals surface area contributed by atoms with Gasteiger partial charge in [-0.1, -0.05) is 18.2 Å². The average Bonchev–Trinajstić information content (AvgIpc) is 3.32. The lowest BCUT2D eigenvalue weighted by Crippen LogP contribution is -2.44. The summed E-state index contributed by atoms with van der Waals surface area (Å²) < 4.78 is 0. The number of piperazine rings is 1. The van der Waals surface area contributed by atoms with Crippen molar-refractivity contribution in [3.63, 3.8) is 0 Å². The summed E-state index contributed by atoms with van der Waals surface area (Å²) in [6, 6.07) is 17.0. The molecule has 3 heterocycles. The predicted molar refractivity (Wildman–Crippen MR) is 153 cm³/mol. The third-order valence-electron chi connectivity index (χ3n) is 7.00. The number of nitrogens with zero attached hydrogens (tertiary/aromatic N) is 4. The van der Waals surface area contributed by atoms with Crippen molar-refractivity contribution in [3.8, 4) is 22.3 Å². The molecule has 5 rings (SSSR count). The summed E-state index contributed by atoms with van der Waals surface area (Å²) in [5, 5.41) is 4.73. The van der Waals surface area contributed by atoms with Crippen molar-refractivity contribution in [3.05, 3.63) is 66.5 Å². The van der Waals surface area contributed by atoms with Gasteiger partial charge in [0, 0.05) is 80.8 Å². The number of pyridine rings is 1. The molecule has 0 unspecified atom stereocenters. The van der Waals surface area contributed by atoms with E-state index >= 15 is 0 Å². The van der Waals surface area contributed by atoms with Crippen LogP contribution >= 0.6 is 0 Å². The minimum absolute atomic E-state index is 0.000242. The second-order valence-electron chi connectivity index (χ2n) is 10.4. The molecule has 0 saturated carbocycles. The monoisotopic (exact) mass is 496 g/mol. The molecule has 7 heteroatoms. The number of fused-ring (bicyclic) bond motifs is 1. The first-order valence-corrected chi connectivity index (χ1v) is 12.9. The molecule has 1 saturated heterocycles. The molecule has 4 aromatic rings. The van der Waals surface area contributed by atoms with Crippen LogP contribution in [0.3, 0.4) is 0 Å². The first-order chi connectivity index (χ1) is 17.8. The Balaban J connectivity index is 1.49. The maximum atomic E-state index is 12.3. The molecule has 7 nitrogen and oxygen atoms in total. The summed E-state index contributed by atoms with van der Waals surface area (Å²) >= 11 is 0. The van der Waals surface area contributed by atoms with E-state index < -0.39 is 0 Å². The van der Waals surface area contributed by atoms with Crippen molar-refractivity contribution in [2.24, 2.45) is 0 Å². The molecule has 0 atom stereocenters. The Hall–Kier alpha value is -3.84. The molecule has 37 heavy (non-hydrogen) atoms. The van der Waals surface area contributed by atoms with E-state index in [4.69, 9.17) is 4.98 Å². The highest BCUT2D eigenvalue weighted by molar-refractivity contribution is 5.98. The summed E-state index contributed by atoms with van der Waals surface area (Å²) in [6.45, 7) is 8.56. The Morgan fingerprint density at radius 1 is 0.973 bits per heavy atom. The zero-order valence-electron chi connectivity index (χ0n) is 22.4. The first kappa shape index (κ1) is 24.8. The second-order valence-corrected chi connectivity index (χ2v) is 10.4. The Labute approximate surface area is 219 Å². The molecule has 0 bridgehead atoms. The number of hydrogen-bond donors (Lipinski definition) is 2. The molecule has 0 spiro atoms. The summed E-state index contributed by atoms with van der Waals surface area (Å²) in [7, 11) is 5.72. The normalized spacial score (nSPS) is 14.4. The Bertz CT molecular complexity index is 1400. The van der Waals surface area contributed by atoms with Crippen molar-refractivity contribution >= 4 is 28.3 Å². The third-order valence-corrected chi connectivity index (χ3v) is 7.00. The van der Waals surface area contributed by atoms with Gasteiger partial charge in [0.05, 0.1) is 11.4 Å². The zero-order valence-corrected chi connectivity index (χ0v) is 22.4. The smallest absolute Gasteiger partial charge is 0.253 e. The number of rotatable bonds is 6. The summed E-state index contributed by atoms with van der Waals surface area (Å²) in [6.07, 6.45) is 3.93. The van der Waals surface area contributed by atoms with Gasteiger partial charge in [-0.25, -0.2) is 4.98 Å². The van der Waals surface area contributed by atoms with Crippen LogP contribution in [0, 0.1) is 0 Å². The van der Waals surface area contributed by atoms with Crippen LogP contribution in [0.5, 0.6) is 0 Å². The maximum Gasteiger partial charge on any atom is 0.253 e. The Kier molecular flexibility index (Phi) is 6.89. The number of aromatic amines is 1. The quantitative estimate of drug-likeness (QED) is 0.385. The lowest BCUT2D eigenvalue weighted by molar-refractivity contribution is 0.0827. The van der Waals surface area contributed by atoms with Gasteiger partial charge in [-0.3, -0.25) is 4.79 Å². The van der Waals surface area contributed by atoms with Gasteiger partial charge < -0.3 is 25.0 Å². The number of anilines is 2. The first-order valence-electron chi connectivity index (χ1n) is 12.9. The number of H-pyrrole nitrogens is 1. The highest BCUT2D eigenvalue weighted by Crippen LogP contribution is 2.35. The number of amides is 1. The third kappa shape index (κ3) is 5.18. The van der Waals surface area contributed by atoms with Crippen molar-refractivity contribution in [2.75, 3.05) is 57.5 Å². The molecule has 1 aliphatic rings. The van der Waals surface area contributed by atoms with Gasteiger partial charge in [0.2, 0.25) is 0 Å². The topological polar surface area (TPSA) is 67.5 Å². The van der Waals surface area contributed by atoms with Gasteiger partial charge in [0.25, 0.3) is 5.91 Å². The van der Waals surface area contributed by atoms with Gasteiger partial charge in [0.15, 0.2) is 0 Å². The number of carbonyl (C=O) groups is 1. The van der Waals surface area contributed by atoms with Crippen LogP contribution in [0.2, 0.25) is 0 Å². The predicted octanol–water partition coefficient (Wildman–Crippen LogP) is 5.17. The van der Waals surface area contributed by atoms with Crippen molar-refractivity contribution in [1.29, 1.82) is 0 Å². The molecule has 192 valence electrons. The number of carbonyl (C=O) groups excluding carboxylic acids is 1. The van der Waals surface area contributed by atoms with Gasteiger partial charge in [0.1, 0.15) is 5.65 Å². The van der Waals surface area contributed by atoms with Crippen molar-refractivity contribution in [2.45, 2.75) is 19.9 Å². The number of likely N-dealkylation sites (N-methyl/N-ethyl adjacent to an activating group) is 1. The molecule has 2 aromatic carbocycles. The lowest BCUT2D eigenvalue weighted by Gasteiger charge is -2.35. The molecule has 0 radical (unpaired) electrons. The fraction of sp³-hybridized carbons (Fsp3) is 0.333. The Morgan fingerprint density at radius 3 is 2.35 bits per heavy atom. The summed E-state index contributed by atoms with van der Waals surface area (Å²) in [5.74, 6) is 0.000242. The molecule has 1 aliphatic heterocycles. The van der Waals surface area contributed by atoms with E-state index in [1.807, 2.05) is 36.7 Å². The van der Waals surface area contributed by atoms with E-state index in [1.165, 1.54) is 5.69 Å². The van der Waals surface area contributed by atoms with Gasteiger partial charge in [-0.2, -0.15) is 0 Å². The van der Waals surface area contributed by atoms with Crippen LogP contribution in [0.1, 0.15) is 24.2 Å². The number of hydrogen-bond acceptors (Lipinski definition) is 5. The lowest BCUT2D eigenvalue weighted by atomic mass is 10.0. The highest BCUT2D eigenvalue weighted by Gasteiger charge is 2.19. The minimum atomic E-state index is 0.000242. The number of aromatic nitrogens is 2. The highest BCUT2D eigenvalue weighted by atomic mass is 16.2. The van der Waals surface area contributed by atoms with Crippen LogP contribution in [0.4, 0.5) is 11.4 Å². The second kappa shape index (κ2) is 10.3. The van der Waals surface area contributed by atoms with Gasteiger partial charge in [-0.15, -0.1) is 0 Å². The fourth-order valence-corrected chi connectivity index (χ4v) is 4.92. The minimum Gasteiger partial charge on any atom is -0.381 e. The van der Waals surface area contributed by atoms with Crippen molar-refractivity contribution < 1.29 is 4.79 Å². The van der Waals surface area contributed by atoms with E-state index in [9.17, 15) is 4.79 Å². The largest absolute Gasteiger partial charge is 0.381 e. The van der Waals surface area contributed by atoms with Crippen molar-refractivity contribution in [1.82, 2.24) is 19.8 Å². The maximum absolute atomic E-state index is 12.3. The molecular weight excluding hydrogens is 460 g/mol. The van der Waals surface area contributed by atoms with E-state index in [2.05, 4.69) is 65.3 Å². The molecule has 1 fully saturated rings. The van der Waals surface area contributed by atoms with E-state index in [-0.39, 0.29) is 5.91 Å². The van der Waals surface area contributed by atoms with E-state index in [0.29, 0.717) is 11.6 Å². The summed E-state index contributed by atoms with van der Waals surface area (Å²) in [4.78, 5) is 26.8. The van der Waals surface area contributed by atoms with Crippen LogP contribution in [0.15, 0.2) is 60.9 Å². The van der Waals surface area contributed by atoms with Crippen LogP contribution in [-0.4, -0.2) is 79.0 Å². The average molecular weight is 497 g/mol. The van der Waals surface area contributed by atoms with Gasteiger partial charge >= 0.3 is 0 Å². The van der Waals surface area contributed by atoms with Crippen LogP contribution in [0.25, 0.3) is 33.3 Å². The SMILES string of the molecule is CC(C)Nc1cc(-c2cnc3[nH]cc(-c4ccc(C(=O)N(C)C)cc4)c3c2)ccc1N1CCN(C)CC1. The number of benzene rings is 2. The molecule has 2 aromatic heterocycles. The fourth-order valence-electron chi connectivity index (χ4n) is 4.92. The standard InChI is InChI=1S/C30H36N6O/c1-20(2)33-27-17-23(10-11-28(27)36-14-12-35(5)13-15-36)24-16-25-26(19-32-29(25)31-18-24)21-6-8-22(9-7-21)30(37)34(3)4/h6-11,16-20,33H,12-15H2,1-5H3,(H,31,32). The number of nitrogens with one attached hydrogen (secondary N) is 2. The van der Waals surface area contributed by atoms with Gasteiger partial charge in [-0.05, 0) is 62.4 Å². The molecule has 1 amide bonds. The van der Waals surface area contributed by atoms with Crippen LogP contribution in [-0.2, 0) is 0 Å². The molecular formula is C30H36N6O. The van der Waals surface area contributed by atoms with E-state index in [1.54, 1.807) is 19.0 Å². The van der Waals surface area contributed by atoms with E-state index in [0.717, 1.165) is 65.2 Å².